The standard InChI is InChI=1S/C20H25NO2/c1-13(2)11-16-6-8-17(9-7-16)15(4)20(23)21-18-12-14(3)5-10-19(18)22/h5-10,12-13,15,22H,11H2,1-4H3,(H,21,23)/t15-/m0/s1. The molecule has 0 saturated carbocycles. The Morgan fingerprint density at radius 1 is 1.09 bits per heavy atom. The van der Waals surface area contributed by atoms with Crippen molar-refractivity contribution < 1.29 is 9.90 Å². The van der Waals surface area contributed by atoms with E-state index in [1.54, 1.807) is 12.1 Å². The van der Waals surface area contributed by atoms with Crippen molar-refractivity contribution in [2.75, 3.05) is 5.32 Å². The second kappa shape index (κ2) is 7.32. The van der Waals surface area contributed by atoms with Crippen LogP contribution in [0, 0.1) is 12.8 Å². The van der Waals surface area contributed by atoms with Crippen molar-refractivity contribution in [3.05, 3.63) is 59.2 Å². The van der Waals surface area contributed by atoms with Gasteiger partial charge in [-0.3, -0.25) is 4.79 Å². The second-order valence-corrected chi connectivity index (χ2v) is 6.57. The van der Waals surface area contributed by atoms with Crippen molar-refractivity contribution in [2.24, 2.45) is 5.92 Å². The Labute approximate surface area is 138 Å². The fourth-order valence-corrected chi connectivity index (χ4v) is 2.56. The zero-order valence-corrected chi connectivity index (χ0v) is 14.3. The highest BCUT2D eigenvalue weighted by molar-refractivity contribution is 5.96. The van der Waals surface area contributed by atoms with Gasteiger partial charge in [0, 0.05) is 0 Å². The van der Waals surface area contributed by atoms with Gasteiger partial charge < -0.3 is 10.4 Å². The van der Waals surface area contributed by atoms with Gasteiger partial charge in [-0.1, -0.05) is 44.2 Å². The van der Waals surface area contributed by atoms with E-state index in [9.17, 15) is 9.90 Å². The number of carbonyl (C=O) groups excluding carboxylic acids is 1. The van der Waals surface area contributed by atoms with Gasteiger partial charge in [0.25, 0.3) is 0 Å². The van der Waals surface area contributed by atoms with Crippen LogP contribution in [-0.2, 0) is 11.2 Å². The van der Waals surface area contributed by atoms with Gasteiger partial charge in [0.2, 0.25) is 5.91 Å². The van der Waals surface area contributed by atoms with Gasteiger partial charge in [-0.2, -0.15) is 0 Å². The third-order valence-corrected chi connectivity index (χ3v) is 3.93. The van der Waals surface area contributed by atoms with Gasteiger partial charge in [-0.15, -0.1) is 0 Å². The number of amides is 1. The average Bonchev–Trinajstić information content (AvgIpc) is 2.50. The smallest absolute Gasteiger partial charge is 0.231 e. The van der Waals surface area contributed by atoms with Gasteiger partial charge >= 0.3 is 0 Å². The van der Waals surface area contributed by atoms with E-state index >= 15 is 0 Å². The number of hydrogen-bond donors (Lipinski definition) is 2. The van der Waals surface area contributed by atoms with Crippen molar-refractivity contribution in [1.29, 1.82) is 0 Å². The lowest BCUT2D eigenvalue weighted by Gasteiger charge is -2.15. The summed E-state index contributed by atoms with van der Waals surface area (Å²) in [5, 5.41) is 12.6. The molecule has 0 aliphatic rings. The molecule has 3 nitrogen and oxygen atoms in total. The topological polar surface area (TPSA) is 49.3 Å². The quantitative estimate of drug-likeness (QED) is 0.790. The molecule has 2 rings (SSSR count). The summed E-state index contributed by atoms with van der Waals surface area (Å²) in [7, 11) is 0. The maximum atomic E-state index is 12.4. The van der Waals surface area contributed by atoms with E-state index in [4.69, 9.17) is 0 Å². The molecule has 0 spiro atoms. The minimum atomic E-state index is -0.275. The lowest BCUT2D eigenvalue weighted by atomic mass is 9.96. The summed E-state index contributed by atoms with van der Waals surface area (Å²) in [6.45, 7) is 8.18. The Morgan fingerprint density at radius 2 is 1.74 bits per heavy atom. The highest BCUT2D eigenvalue weighted by atomic mass is 16.3. The molecular weight excluding hydrogens is 286 g/mol. The molecule has 0 aliphatic carbocycles. The van der Waals surface area contributed by atoms with Crippen molar-refractivity contribution in [3.63, 3.8) is 0 Å². The summed E-state index contributed by atoms with van der Waals surface area (Å²) in [5.41, 5.74) is 3.71. The van der Waals surface area contributed by atoms with E-state index in [0.29, 0.717) is 11.6 Å². The molecule has 3 heteroatoms. The number of carbonyl (C=O) groups is 1. The van der Waals surface area contributed by atoms with E-state index in [2.05, 4.69) is 31.3 Å². The first kappa shape index (κ1) is 17.1. The number of phenolic OH excluding ortho intramolecular Hbond substituents is 1. The van der Waals surface area contributed by atoms with E-state index in [1.165, 1.54) is 5.56 Å². The highest BCUT2D eigenvalue weighted by Crippen LogP contribution is 2.26. The summed E-state index contributed by atoms with van der Waals surface area (Å²) in [6, 6.07) is 13.4. The Hall–Kier alpha value is -2.29. The number of anilines is 1. The predicted octanol–water partition coefficient (Wildman–Crippen LogP) is 4.64. The zero-order valence-electron chi connectivity index (χ0n) is 14.3. The molecule has 2 N–H and O–H groups in total. The van der Waals surface area contributed by atoms with E-state index < -0.39 is 0 Å². The highest BCUT2D eigenvalue weighted by Gasteiger charge is 2.16. The molecule has 0 bridgehead atoms. The second-order valence-electron chi connectivity index (χ2n) is 6.57. The van der Waals surface area contributed by atoms with Crippen LogP contribution in [0.5, 0.6) is 5.75 Å². The van der Waals surface area contributed by atoms with Crippen LogP contribution in [-0.4, -0.2) is 11.0 Å². The number of aryl methyl sites for hydroxylation is 1. The van der Waals surface area contributed by atoms with E-state index in [-0.39, 0.29) is 17.6 Å². The first-order chi connectivity index (χ1) is 10.9. The zero-order chi connectivity index (χ0) is 17.0. The first-order valence-electron chi connectivity index (χ1n) is 8.06. The Bertz CT molecular complexity index is 675. The van der Waals surface area contributed by atoms with Crippen LogP contribution in [0.3, 0.4) is 0 Å². The van der Waals surface area contributed by atoms with Crippen molar-refractivity contribution >= 4 is 11.6 Å². The van der Waals surface area contributed by atoms with Crippen LogP contribution < -0.4 is 5.32 Å². The van der Waals surface area contributed by atoms with Gasteiger partial charge in [-0.25, -0.2) is 0 Å². The number of nitrogens with one attached hydrogen (secondary N) is 1. The largest absolute Gasteiger partial charge is 0.506 e. The van der Waals surface area contributed by atoms with Gasteiger partial charge in [0.15, 0.2) is 0 Å². The van der Waals surface area contributed by atoms with Crippen LogP contribution >= 0.6 is 0 Å². The number of rotatable bonds is 5. The van der Waals surface area contributed by atoms with Crippen molar-refractivity contribution in [3.8, 4) is 5.75 Å². The number of aromatic hydroxyl groups is 1. The number of benzene rings is 2. The molecule has 0 aromatic heterocycles. The van der Waals surface area contributed by atoms with Gasteiger partial charge in [0.1, 0.15) is 5.75 Å². The Morgan fingerprint density at radius 3 is 2.35 bits per heavy atom. The molecule has 1 atom stereocenters. The van der Waals surface area contributed by atoms with Gasteiger partial charge in [-0.05, 0) is 55.0 Å². The molecule has 2 aromatic carbocycles. The predicted molar refractivity (Wildman–Crippen MR) is 94.9 cm³/mol. The minimum Gasteiger partial charge on any atom is -0.506 e. The molecule has 1 amide bonds. The molecule has 122 valence electrons. The summed E-state index contributed by atoms with van der Waals surface area (Å²) in [5.74, 6) is 0.305. The van der Waals surface area contributed by atoms with Crippen LogP contribution in [0.2, 0.25) is 0 Å². The molecule has 0 saturated heterocycles. The van der Waals surface area contributed by atoms with Crippen LogP contribution in [0.25, 0.3) is 0 Å². The summed E-state index contributed by atoms with van der Waals surface area (Å²) in [6.07, 6.45) is 1.04. The van der Waals surface area contributed by atoms with Crippen molar-refractivity contribution in [1.82, 2.24) is 0 Å². The molecule has 0 unspecified atom stereocenters. The molecule has 0 heterocycles. The minimum absolute atomic E-state index is 0.0865. The third kappa shape index (κ3) is 4.59. The van der Waals surface area contributed by atoms with Gasteiger partial charge in [0.05, 0.1) is 11.6 Å². The van der Waals surface area contributed by atoms with E-state index in [0.717, 1.165) is 17.5 Å². The van der Waals surface area contributed by atoms with Crippen LogP contribution in [0.15, 0.2) is 42.5 Å². The lowest BCUT2D eigenvalue weighted by Crippen LogP contribution is -2.19. The number of phenols is 1. The molecule has 0 radical (unpaired) electrons. The van der Waals surface area contributed by atoms with E-state index in [1.807, 2.05) is 32.0 Å². The molecule has 0 aliphatic heterocycles. The fourth-order valence-electron chi connectivity index (χ4n) is 2.56. The lowest BCUT2D eigenvalue weighted by molar-refractivity contribution is -0.117. The summed E-state index contributed by atoms with van der Waals surface area (Å²) in [4.78, 5) is 12.4. The maximum Gasteiger partial charge on any atom is 0.231 e. The molecule has 23 heavy (non-hydrogen) atoms. The fraction of sp³-hybridized carbons (Fsp3) is 0.350. The Balaban J connectivity index is 2.08. The normalized spacial score (nSPS) is 12.2. The monoisotopic (exact) mass is 311 g/mol. The van der Waals surface area contributed by atoms with Crippen LogP contribution in [0.1, 0.15) is 43.4 Å². The van der Waals surface area contributed by atoms with Crippen molar-refractivity contribution in [2.45, 2.75) is 40.0 Å². The number of hydrogen-bond acceptors (Lipinski definition) is 2. The van der Waals surface area contributed by atoms with Crippen LogP contribution in [0.4, 0.5) is 5.69 Å². The molecule has 0 fully saturated rings. The average molecular weight is 311 g/mol. The molecular formula is C20H25NO2. The Kier molecular flexibility index (Phi) is 5.43. The maximum absolute atomic E-state index is 12.4. The first-order valence-corrected chi connectivity index (χ1v) is 8.06. The summed E-state index contributed by atoms with van der Waals surface area (Å²) < 4.78 is 0. The molecule has 2 aromatic rings. The summed E-state index contributed by atoms with van der Waals surface area (Å²) >= 11 is 0. The SMILES string of the molecule is Cc1ccc(O)c(NC(=O)[C@@H](C)c2ccc(CC(C)C)cc2)c1. The third-order valence-electron chi connectivity index (χ3n) is 3.93.